The molecule has 1 rings (SSSR count). The molecule has 0 aliphatic heterocycles. The van der Waals surface area contributed by atoms with Crippen molar-refractivity contribution in [2.24, 2.45) is 0 Å². The molecular formula is C23H36FN2OP. The fraction of sp³-hybridized carbons (Fsp3) is 0.565. The highest BCUT2D eigenvalue weighted by Gasteiger charge is 2.41. The number of halogens is 1. The van der Waals surface area contributed by atoms with Crippen LogP contribution in [0.1, 0.15) is 67.9 Å². The molecule has 28 heavy (non-hydrogen) atoms. The Bertz CT molecular complexity index is 730. The molecule has 0 atom stereocenters. The molecule has 0 amide bonds. The Morgan fingerprint density at radius 3 is 1.64 bits per heavy atom. The van der Waals surface area contributed by atoms with Gasteiger partial charge in [-0.15, -0.1) is 0 Å². The summed E-state index contributed by atoms with van der Waals surface area (Å²) in [5.41, 5.74) is 1.49. The van der Waals surface area contributed by atoms with E-state index < -0.39 is 7.44 Å². The summed E-state index contributed by atoms with van der Waals surface area (Å²) in [6.45, 7) is 18.5. The van der Waals surface area contributed by atoms with Crippen LogP contribution in [-0.4, -0.2) is 33.5 Å². The van der Waals surface area contributed by atoms with Crippen molar-refractivity contribution in [2.45, 2.75) is 86.5 Å². The first kappa shape index (κ1) is 24.6. The van der Waals surface area contributed by atoms with E-state index in [1.165, 1.54) is 12.1 Å². The summed E-state index contributed by atoms with van der Waals surface area (Å²) < 4.78 is 31.8. The predicted molar refractivity (Wildman–Crippen MR) is 119 cm³/mol. The van der Waals surface area contributed by atoms with Gasteiger partial charge in [0, 0.05) is 41.1 Å². The minimum atomic E-state index is -3.01. The van der Waals surface area contributed by atoms with Crippen molar-refractivity contribution >= 4 is 7.44 Å². The molecule has 0 aliphatic rings. The van der Waals surface area contributed by atoms with E-state index in [4.69, 9.17) is 0 Å². The van der Waals surface area contributed by atoms with Crippen LogP contribution in [0.4, 0.5) is 4.39 Å². The normalized spacial score (nSPS) is 13.2. The highest BCUT2D eigenvalue weighted by atomic mass is 31.2. The molecule has 0 N–H and O–H groups in total. The summed E-state index contributed by atoms with van der Waals surface area (Å²) in [4.78, 5) is 0. The molecule has 0 radical (unpaired) electrons. The topological polar surface area (TPSA) is 23.6 Å². The van der Waals surface area contributed by atoms with Gasteiger partial charge in [-0.25, -0.2) is 13.7 Å². The first-order chi connectivity index (χ1) is 12.9. The number of hydrogen-bond acceptors (Lipinski definition) is 1. The van der Waals surface area contributed by atoms with Crippen LogP contribution in [0.3, 0.4) is 0 Å². The minimum absolute atomic E-state index is 0.125. The second-order valence-electron chi connectivity index (χ2n) is 8.29. The van der Waals surface area contributed by atoms with Gasteiger partial charge in [0.1, 0.15) is 5.82 Å². The Morgan fingerprint density at radius 2 is 1.29 bits per heavy atom. The number of allylic oxidation sites excluding steroid dienone is 1. The lowest BCUT2D eigenvalue weighted by molar-refractivity contribution is 0.230. The predicted octanol–water partition coefficient (Wildman–Crippen LogP) is 6.51. The SMILES string of the molecule is C/C(C#Cc1ccc(F)cc1)=C\P(=O)(N(C(C)C)C(C)C)N(C(C)C)C(C)C. The Balaban J connectivity index is 3.48. The van der Waals surface area contributed by atoms with Gasteiger partial charge in [0.05, 0.1) is 0 Å². The van der Waals surface area contributed by atoms with E-state index in [2.05, 4.69) is 76.6 Å². The Kier molecular flexibility index (Phi) is 9.15. The second-order valence-corrected chi connectivity index (χ2v) is 10.7. The number of hydrogen-bond donors (Lipinski definition) is 0. The molecule has 3 nitrogen and oxygen atoms in total. The van der Waals surface area contributed by atoms with Crippen LogP contribution < -0.4 is 0 Å². The van der Waals surface area contributed by atoms with E-state index >= 15 is 0 Å². The zero-order valence-electron chi connectivity index (χ0n) is 18.8. The highest BCUT2D eigenvalue weighted by Crippen LogP contribution is 2.59. The lowest BCUT2D eigenvalue weighted by atomic mass is 10.2. The fourth-order valence-electron chi connectivity index (χ4n) is 3.76. The molecule has 0 saturated carbocycles. The molecule has 5 heteroatoms. The summed E-state index contributed by atoms with van der Waals surface area (Å²) in [6, 6.07) is 6.59. The molecule has 0 aromatic heterocycles. The molecule has 0 aliphatic carbocycles. The van der Waals surface area contributed by atoms with Gasteiger partial charge in [0.15, 0.2) is 0 Å². The summed E-state index contributed by atoms with van der Waals surface area (Å²) >= 11 is 0. The van der Waals surface area contributed by atoms with Crippen molar-refractivity contribution in [1.29, 1.82) is 0 Å². The molecule has 0 spiro atoms. The number of nitrogens with zero attached hydrogens (tertiary/aromatic N) is 2. The van der Waals surface area contributed by atoms with Crippen LogP contribution in [0.5, 0.6) is 0 Å². The van der Waals surface area contributed by atoms with Crippen molar-refractivity contribution in [3.8, 4) is 11.8 Å². The van der Waals surface area contributed by atoms with E-state index in [0.29, 0.717) is 0 Å². The van der Waals surface area contributed by atoms with Crippen LogP contribution in [-0.2, 0) is 4.57 Å². The van der Waals surface area contributed by atoms with Crippen LogP contribution in [0.25, 0.3) is 0 Å². The third-order valence-corrected chi connectivity index (χ3v) is 8.28. The van der Waals surface area contributed by atoms with Crippen molar-refractivity contribution in [3.05, 3.63) is 47.0 Å². The Hall–Kier alpha value is -1.40. The van der Waals surface area contributed by atoms with Gasteiger partial charge in [-0.3, -0.25) is 4.57 Å². The first-order valence-electron chi connectivity index (χ1n) is 10.0. The average Bonchev–Trinajstić information content (AvgIpc) is 2.52. The number of benzene rings is 1. The molecule has 1 aromatic carbocycles. The Morgan fingerprint density at radius 1 is 0.893 bits per heavy atom. The van der Waals surface area contributed by atoms with E-state index in [-0.39, 0.29) is 30.0 Å². The summed E-state index contributed by atoms with van der Waals surface area (Å²) in [7, 11) is -3.01. The summed E-state index contributed by atoms with van der Waals surface area (Å²) in [6.07, 6.45) is 0. The van der Waals surface area contributed by atoms with Gasteiger partial charge >= 0.3 is 0 Å². The summed E-state index contributed by atoms with van der Waals surface area (Å²) in [5.74, 6) is 7.72. The van der Waals surface area contributed by atoms with Gasteiger partial charge in [0.25, 0.3) is 0 Å². The van der Waals surface area contributed by atoms with Gasteiger partial charge in [-0.1, -0.05) is 11.8 Å². The Labute approximate surface area is 171 Å². The zero-order valence-corrected chi connectivity index (χ0v) is 19.7. The lowest BCUT2D eigenvalue weighted by Gasteiger charge is -2.45. The first-order valence-corrected chi connectivity index (χ1v) is 11.7. The molecule has 0 unspecified atom stereocenters. The third kappa shape index (κ3) is 6.31. The number of rotatable bonds is 7. The van der Waals surface area contributed by atoms with Crippen molar-refractivity contribution < 1.29 is 8.96 Å². The molecule has 0 heterocycles. The maximum absolute atomic E-state index is 14.5. The fourth-order valence-corrected chi connectivity index (χ4v) is 7.48. The van der Waals surface area contributed by atoms with E-state index in [9.17, 15) is 8.96 Å². The van der Waals surface area contributed by atoms with Crippen molar-refractivity contribution in [1.82, 2.24) is 9.34 Å². The molecule has 0 bridgehead atoms. The van der Waals surface area contributed by atoms with Gasteiger partial charge in [0.2, 0.25) is 7.44 Å². The zero-order chi connectivity index (χ0) is 21.6. The van der Waals surface area contributed by atoms with E-state index in [0.717, 1.165) is 11.1 Å². The third-order valence-electron chi connectivity index (χ3n) is 4.39. The lowest BCUT2D eigenvalue weighted by Crippen LogP contribution is -2.44. The molecule has 0 saturated heterocycles. The standard InChI is InChI=1S/C23H36FN2OP/c1-17(2)25(18(3)4)28(27,26(19(5)6)20(7)8)16-21(9)10-11-22-12-14-23(24)15-13-22/h12-20H,1-9H3/b21-16+. The van der Waals surface area contributed by atoms with Gasteiger partial charge in [-0.2, -0.15) is 0 Å². The molecule has 0 fully saturated rings. The quantitative estimate of drug-likeness (QED) is 0.381. The monoisotopic (exact) mass is 406 g/mol. The van der Waals surface area contributed by atoms with Crippen LogP contribution >= 0.6 is 7.44 Å². The minimum Gasteiger partial charge on any atom is -0.284 e. The van der Waals surface area contributed by atoms with Crippen molar-refractivity contribution in [2.75, 3.05) is 0 Å². The highest BCUT2D eigenvalue weighted by molar-refractivity contribution is 7.62. The van der Waals surface area contributed by atoms with Crippen LogP contribution in [0.2, 0.25) is 0 Å². The van der Waals surface area contributed by atoms with E-state index in [1.54, 1.807) is 12.1 Å². The largest absolute Gasteiger partial charge is 0.284 e. The molecule has 156 valence electrons. The van der Waals surface area contributed by atoms with Gasteiger partial charge < -0.3 is 0 Å². The smallest absolute Gasteiger partial charge is 0.240 e. The van der Waals surface area contributed by atoms with E-state index in [1.807, 2.05) is 12.7 Å². The molecular weight excluding hydrogens is 370 g/mol. The van der Waals surface area contributed by atoms with Gasteiger partial charge in [-0.05, 0) is 86.6 Å². The maximum atomic E-state index is 14.5. The van der Waals surface area contributed by atoms with Crippen LogP contribution in [0.15, 0.2) is 35.7 Å². The summed E-state index contributed by atoms with van der Waals surface area (Å²) in [5, 5.41) is 0. The van der Waals surface area contributed by atoms with Crippen molar-refractivity contribution in [3.63, 3.8) is 0 Å². The average molecular weight is 407 g/mol. The maximum Gasteiger partial charge on any atom is 0.240 e. The second kappa shape index (κ2) is 10.4. The van der Waals surface area contributed by atoms with Crippen LogP contribution in [0, 0.1) is 17.7 Å². The molecule has 1 aromatic rings.